The average molecular weight is 331 g/mol. The number of aromatic nitrogens is 4. The number of aromatic amines is 1. The van der Waals surface area contributed by atoms with Crippen LogP contribution >= 0.6 is 0 Å². The number of hydrogen-bond acceptors (Lipinski definition) is 5. The Labute approximate surface area is 144 Å². The van der Waals surface area contributed by atoms with Gasteiger partial charge in [0.25, 0.3) is 0 Å². The Morgan fingerprint density at radius 3 is 2.96 bits per heavy atom. The minimum atomic E-state index is 0.607. The maximum absolute atomic E-state index is 5.30. The average Bonchev–Trinajstić information content (AvgIpc) is 3.15. The summed E-state index contributed by atoms with van der Waals surface area (Å²) >= 11 is 0. The summed E-state index contributed by atoms with van der Waals surface area (Å²) in [5.41, 5.74) is 3.80. The summed E-state index contributed by atoms with van der Waals surface area (Å²) in [5.74, 6) is 1.50. The van der Waals surface area contributed by atoms with Crippen molar-refractivity contribution >= 4 is 16.9 Å². The van der Waals surface area contributed by atoms with Crippen molar-refractivity contribution in [1.29, 1.82) is 0 Å². The van der Waals surface area contributed by atoms with Gasteiger partial charge in [-0.3, -0.25) is 9.97 Å². The summed E-state index contributed by atoms with van der Waals surface area (Å²) in [5, 5.41) is 4.38. The zero-order valence-corrected chi connectivity index (χ0v) is 13.7. The molecule has 6 nitrogen and oxygen atoms in total. The van der Waals surface area contributed by atoms with E-state index < -0.39 is 0 Å². The molecule has 6 heteroatoms. The lowest BCUT2D eigenvalue weighted by Gasteiger charge is -2.10. The van der Waals surface area contributed by atoms with Crippen LogP contribution in [0.15, 0.2) is 61.2 Å². The molecule has 0 spiro atoms. The van der Waals surface area contributed by atoms with Crippen molar-refractivity contribution < 1.29 is 4.74 Å². The summed E-state index contributed by atoms with van der Waals surface area (Å²) in [6.45, 7) is 0.607. The minimum Gasteiger partial charge on any atom is -0.495 e. The topological polar surface area (TPSA) is 75.7 Å². The second-order valence-electron chi connectivity index (χ2n) is 5.58. The number of nitrogens with one attached hydrogen (secondary N) is 2. The minimum absolute atomic E-state index is 0.607. The number of hydrogen-bond donors (Lipinski definition) is 2. The number of nitrogens with zero attached hydrogens (tertiary/aromatic N) is 3. The van der Waals surface area contributed by atoms with Crippen LogP contribution < -0.4 is 10.1 Å². The Morgan fingerprint density at radius 1 is 1.16 bits per heavy atom. The molecule has 0 aliphatic carbocycles. The zero-order valence-electron chi connectivity index (χ0n) is 13.7. The first-order valence-corrected chi connectivity index (χ1v) is 7.95. The van der Waals surface area contributed by atoms with Crippen LogP contribution in [0.25, 0.3) is 22.2 Å². The van der Waals surface area contributed by atoms with E-state index >= 15 is 0 Å². The van der Waals surface area contributed by atoms with Gasteiger partial charge in [0, 0.05) is 29.5 Å². The van der Waals surface area contributed by atoms with Crippen LogP contribution in [0.2, 0.25) is 0 Å². The van der Waals surface area contributed by atoms with Crippen LogP contribution in [0.3, 0.4) is 0 Å². The predicted octanol–water partition coefficient (Wildman–Crippen LogP) is 3.64. The van der Waals surface area contributed by atoms with Gasteiger partial charge in [0.15, 0.2) is 0 Å². The smallest absolute Gasteiger partial charge is 0.140 e. The molecule has 4 aromatic rings. The van der Waals surface area contributed by atoms with Crippen molar-refractivity contribution in [3.8, 4) is 16.9 Å². The fraction of sp³-hybridized carbons (Fsp3) is 0.105. The lowest BCUT2D eigenvalue weighted by molar-refractivity contribution is 0.413. The van der Waals surface area contributed by atoms with Crippen LogP contribution in [0.4, 0.5) is 5.82 Å². The van der Waals surface area contributed by atoms with E-state index in [1.165, 1.54) is 0 Å². The van der Waals surface area contributed by atoms with Gasteiger partial charge >= 0.3 is 0 Å². The van der Waals surface area contributed by atoms with Gasteiger partial charge in [0.2, 0.25) is 0 Å². The molecule has 0 unspecified atom stereocenters. The van der Waals surface area contributed by atoms with Crippen molar-refractivity contribution in [3.63, 3.8) is 0 Å². The highest BCUT2D eigenvalue weighted by atomic mass is 16.5. The Morgan fingerprint density at radius 2 is 2.12 bits per heavy atom. The number of pyridine rings is 3. The van der Waals surface area contributed by atoms with Gasteiger partial charge in [0.1, 0.15) is 17.2 Å². The number of H-pyrrole nitrogens is 1. The molecule has 0 amide bonds. The van der Waals surface area contributed by atoms with Crippen molar-refractivity contribution in [2.24, 2.45) is 0 Å². The molecule has 0 fully saturated rings. The van der Waals surface area contributed by atoms with E-state index in [-0.39, 0.29) is 0 Å². The Balaban J connectivity index is 1.72. The molecule has 0 radical (unpaired) electrons. The third-order valence-corrected chi connectivity index (χ3v) is 3.97. The Kier molecular flexibility index (Phi) is 4.00. The lowest BCUT2D eigenvalue weighted by Crippen LogP contribution is -2.03. The Bertz CT molecular complexity index is 997. The summed E-state index contributed by atoms with van der Waals surface area (Å²) in [6, 6.07) is 11.9. The second-order valence-corrected chi connectivity index (χ2v) is 5.58. The molecule has 0 saturated carbocycles. The van der Waals surface area contributed by atoms with E-state index in [4.69, 9.17) is 4.74 Å². The molecule has 4 heterocycles. The van der Waals surface area contributed by atoms with E-state index in [9.17, 15) is 0 Å². The van der Waals surface area contributed by atoms with Gasteiger partial charge in [-0.2, -0.15) is 0 Å². The van der Waals surface area contributed by atoms with Gasteiger partial charge < -0.3 is 15.0 Å². The normalized spacial score (nSPS) is 10.8. The summed E-state index contributed by atoms with van der Waals surface area (Å²) < 4.78 is 5.30. The number of rotatable bonds is 5. The number of fused-ring (bicyclic) bond motifs is 1. The fourth-order valence-corrected chi connectivity index (χ4v) is 2.73. The van der Waals surface area contributed by atoms with Gasteiger partial charge in [-0.25, -0.2) is 4.98 Å². The van der Waals surface area contributed by atoms with Crippen LogP contribution in [0.1, 0.15) is 5.69 Å². The molecular weight excluding hydrogens is 314 g/mol. The SMILES string of the molecule is COc1cncc(-c2cc(NCc3ccccn3)nc3[nH]ccc23)c1. The van der Waals surface area contributed by atoms with Crippen LogP contribution in [-0.2, 0) is 6.54 Å². The first-order chi connectivity index (χ1) is 12.3. The third kappa shape index (κ3) is 3.14. The standard InChI is InChI=1S/C19H17N5O/c1-25-15-8-13(10-20-12-15)17-9-18(24-19-16(17)5-7-22-19)23-11-14-4-2-3-6-21-14/h2-10,12H,11H2,1H3,(H2,22,23,24). The van der Waals surface area contributed by atoms with E-state index in [0.717, 1.165) is 39.4 Å². The first kappa shape index (κ1) is 15.1. The molecule has 124 valence electrons. The first-order valence-electron chi connectivity index (χ1n) is 7.95. The van der Waals surface area contributed by atoms with E-state index in [2.05, 4.69) is 25.3 Å². The molecular formula is C19H17N5O. The summed E-state index contributed by atoms with van der Waals surface area (Å²) in [4.78, 5) is 16.4. The molecule has 4 aromatic heterocycles. The van der Waals surface area contributed by atoms with E-state index in [1.807, 2.05) is 48.8 Å². The van der Waals surface area contributed by atoms with E-state index in [1.54, 1.807) is 19.5 Å². The van der Waals surface area contributed by atoms with Crippen LogP contribution in [0.5, 0.6) is 5.75 Å². The molecule has 2 N–H and O–H groups in total. The summed E-state index contributed by atoms with van der Waals surface area (Å²) in [6.07, 6.45) is 7.19. The third-order valence-electron chi connectivity index (χ3n) is 3.97. The number of anilines is 1. The highest BCUT2D eigenvalue weighted by Crippen LogP contribution is 2.31. The van der Waals surface area contributed by atoms with Crippen LogP contribution in [-0.4, -0.2) is 27.0 Å². The highest BCUT2D eigenvalue weighted by molar-refractivity contribution is 5.94. The molecule has 0 aromatic carbocycles. The van der Waals surface area contributed by atoms with Gasteiger partial charge in [-0.1, -0.05) is 6.07 Å². The summed E-state index contributed by atoms with van der Waals surface area (Å²) in [7, 11) is 1.64. The number of methoxy groups -OCH3 is 1. The van der Waals surface area contributed by atoms with Gasteiger partial charge in [-0.05, 0) is 35.9 Å². The predicted molar refractivity (Wildman–Crippen MR) is 97.4 cm³/mol. The molecule has 0 saturated heterocycles. The Hall–Kier alpha value is -3.41. The lowest BCUT2D eigenvalue weighted by atomic mass is 10.1. The number of ether oxygens (including phenoxy) is 1. The molecule has 25 heavy (non-hydrogen) atoms. The highest BCUT2D eigenvalue weighted by Gasteiger charge is 2.10. The van der Waals surface area contributed by atoms with Crippen molar-refractivity contribution in [2.75, 3.05) is 12.4 Å². The molecule has 4 rings (SSSR count). The molecule has 0 bridgehead atoms. The fourth-order valence-electron chi connectivity index (χ4n) is 2.73. The maximum Gasteiger partial charge on any atom is 0.140 e. The molecule has 0 aliphatic heterocycles. The second kappa shape index (κ2) is 6.60. The van der Waals surface area contributed by atoms with Crippen molar-refractivity contribution in [3.05, 3.63) is 66.9 Å². The van der Waals surface area contributed by atoms with E-state index in [0.29, 0.717) is 6.54 Å². The quantitative estimate of drug-likeness (QED) is 0.584. The zero-order chi connectivity index (χ0) is 17.1. The van der Waals surface area contributed by atoms with Crippen molar-refractivity contribution in [2.45, 2.75) is 6.54 Å². The van der Waals surface area contributed by atoms with Crippen LogP contribution in [0, 0.1) is 0 Å². The van der Waals surface area contributed by atoms with Gasteiger partial charge in [0.05, 0.1) is 25.5 Å². The molecule has 0 aliphatic rings. The van der Waals surface area contributed by atoms with Crippen molar-refractivity contribution in [1.82, 2.24) is 19.9 Å². The molecule has 0 atom stereocenters. The van der Waals surface area contributed by atoms with Gasteiger partial charge in [-0.15, -0.1) is 0 Å². The maximum atomic E-state index is 5.30. The monoisotopic (exact) mass is 331 g/mol. The largest absolute Gasteiger partial charge is 0.495 e.